The van der Waals surface area contributed by atoms with E-state index in [1.807, 2.05) is 0 Å². The van der Waals surface area contributed by atoms with Crippen LogP contribution in [-0.2, 0) is 15.8 Å². The summed E-state index contributed by atoms with van der Waals surface area (Å²) in [6.07, 6.45) is -2.24. The molecule has 0 aromatic carbocycles. The molecule has 0 aliphatic carbocycles. The lowest BCUT2D eigenvalue weighted by Gasteiger charge is -2.16. The number of hydrogen-bond acceptors (Lipinski definition) is 4. The Morgan fingerprint density at radius 3 is 2.67 bits per heavy atom. The van der Waals surface area contributed by atoms with Gasteiger partial charge < -0.3 is 10.2 Å². The van der Waals surface area contributed by atoms with Crippen LogP contribution in [0.3, 0.4) is 0 Å². The van der Waals surface area contributed by atoms with Crippen LogP contribution in [0, 0.1) is 5.92 Å². The molecule has 1 amide bonds. The molecule has 0 saturated carbocycles. The number of rotatable bonds is 5. The van der Waals surface area contributed by atoms with Gasteiger partial charge in [0.25, 0.3) is 5.91 Å². The molecule has 1 fully saturated rings. The number of carbonyl (C=O) groups is 2. The smallest absolute Gasteiger partial charge is 0.369 e. The highest BCUT2D eigenvalue weighted by atomic mass is 35.5. The molecule has 1 aliphatic rings. The van der Waals surface area contributed by atoms with Crippen molar-refractivity contribution in [2.45, 2.75) is 31.5 Å². The van der Waals surface area contributed by atoms with E-state index in [2.05, 4.69) is 15.3 Å². The zero-order valence-corrected chi connectivity index (χ0v) is 15.8. The molecule has 6 nitrogen and oxygen atoms in total. The molecule has 10 heteroatoms. The minimum atomic E-state index is -4.56. The Hall–Kier alpha value is -2.00. The second-order valence-corrected chi connectivity index (χ2v) is 7.06. The van der Waals surface area contributed by atoms with Crippen molar-refractivity contribution in [3.05, 3.63) is 28.5 Å². The summed E-state index contributed by atoms with van der Waals surface area (Å²) in [5, 5.41) is 2.75. The van der Waals surface area contributed by atoms with Crippen LogP contribution in [0.15, 0.2) is 17.3 Å². The molecule has 0 radical (unpaired) electrons. The number of aliphatic imine (C=N–C) groups is 1. The second kappa shape index (κ2) is 8.35. The Balaban J connectivity index is 2.07. The lowest BCUT2D eigenvalue weighted by atomic mass is 9.89. The molecular formula is C17H20ClF3N4O2. The van der Waals surface area contributed by atoms with Crippen LogP contribution >= 0.6 is 11.6 Å². The highest BCUT2D eigenvalue weighted by molar-refractivity contribution is 6.31. The summed E-state index contributed by atoms with van der Waals surface area (Å²) in [5.74, 6) is -1.87. The molecule has 1 aromatic heterocycles. The third-order valence-corrected chi connectivity index (χ3v) is 4.58. The van der Waals surface area contributed by atoms with E-state index in [1.54, 1.807) is 25.9 Å². The van der Waals surface area contributed by atoms with Crippen LogP contribution in [0.25, 0.3) is 0 Å². The fourth-order valence-electron chi connectivity index (χ4n) is 2.81. The standard InChI is InChI=1S/C17H20ClF3N4O2/c1-9(14-12(18)5-11(7-23-14)17(19,20)21)15(26)10-4-13(22-6-10)16(27)24-8-25(2)3/h5,7-10,13,22H,4,6H2,1-3H3. The first kappa shape index (κ1) is 21.3. The van der Waals surface area contributed by atoms with E-state index < -0.39 is 29.6 Å². The number of hydrogen-bond donors (Lipinski definition) is 1. The van der Waals surface area contributed by atoms with Gasteiger partial charge in [-0.05, 0) is 19.4 Å². The maximum Gasteiger partial charge on any atom is 0.417 e. The second-order valence-electron chi connectivity index (χ2n) is 6.65. The number of amides is 1. The maximum absolute atomic E-state index is 12.7. The molecule has 3 unspecified atom stereocenters. The third kappa shape index (κ3) is 5.26. The van der Waals surface area contributed by atoms with Gasteiger partial charge in [-0.3, -0.25) is 14.6 Å². The molecule has 1 aromatic rings. The van der Waals surface area contributed by atoms with Gasteiger partial charge in [0.15, 0.2) is 0 Å². The van der Waals surface area contributed by atoms with Crippen LogP contribution in [0.1, 0.15) is 30.5 Å². The summed E-state index contributed by atoms with van der Waals surface area (Å²) >= 11 is 5.92. The Morgan fingerprint density at radius 2 is 2.11 bits per heavy atom. The number of nitrogens with one attached hydrogen (secondary N) is 1. The highest BCUT2D eigenvalue weighted by Gasteiger charge is 2.37. The van der Waals surface area contributed by atoms with Crippen LogP contribution in [0.5, 0.6) is 0 Å². The predicted octanol–water partition coefficient (Wildman–Crippen LogP) is 2.52. The molecule has 2 heterocycles. The van der Waals surface area contributed by atoms with E-state index in [0.717, 1.165) is 6.07 Å². The van der Waals surface area contributed by atoms with Crippen molar-refractivity contribution >= 4 is 29.6 Å². The van der Waals surface area contributed by atoms with E-state index in [1.165, 1.54) is 6.34 Å². The van der Waals surface area contributed by atoms with Gasteiger partial charge in [-0.15, -0.1) is 0 Å². The first-order valence-electron chi connectivity index (χ1n) is 8.25. The van der Waals surface area contributed by atoms with Crippen LogP contribution < -0.4 is 5.32 Å². The van der Waals surface area contributed by atoms with Crippen molar-refractivity contribution in [3.63, 3.8) is 0 Å². The van der Waals surface area contributed by atoms with E-state index in [-0.39, 0.29) is 35.4 Å². The Morgan fingerprint density at radius 1 is 1.44 bits per heavy atom. The van der Waals surface area contributed by atoms with Crippen LogP contribution in [0.2, 0.25) is 5.02 Å². The van der Waals surface area contributed by atoms with Crippen molar-refractivity contribution in [1.82, 2.24) is 15.2 Å². The fourth-order valence-corrected chi connectivity index (χ4v) is 3.14. The van der Waals surface area contributed by atoms with Gasteiger partial charge in [-0.1, -0.05) is 11.6 Å². The topological polar surface area (TPSA) is 74.7 Å². The molecule has 1 N–H and O–H groups in total. The monoisotopic (exact) mass is 404 g/mol. The first-order valence-corrected chi connectivity index (χ1v) is 8.62. The highest BCUT2D eigenvalue weighted by Crippen LogP contribution is 2.34. The Kier molecular flexibility index (Phi) is 6.59. The number of Topliss-reactive ketones (excluding diaryl/α,β-unsaturated/α-hetero) is 1. The zero-order chi connectivity index (χ0) is 20.4. The fraction of sp³-hybridized carbons (Fsp3) is 0.529. The molecule has 3 atom stereocenters. The zero-order valence-electron chi connectivity index (χ0n) is 15.0. The van der Waals surface area contributed by atoms with Crippen LogP contribution in [0.4, 0.5) is 13.2 Å². The van der Waals surface area contributed by atoms with Crippen molar-refractivity contribution < 1.29 is 22.8 Å². The molecule has 0 spiro atoms. The SMILES string of the molecule is CC(C(=O)C1CNC(C(=O)N=CN(C)C)C1)c1ncc(C(F)(F)F)cc1Cl. The lowest BCUT2D eigenvalue weighted by Crippen LogP contribution is -2.30. The van der Waals surface area contributed by atoms with E-state index in [0.29, 0.717) is 6.20 Å². The van der Waals surface area contributed by atoms with Gasteiger partial charge in [0.2, 0.25) is 0 Å². The normalized spacial score (nSPS) is 21.4. The molecule has 27 heavy (non-hydrogen) atoms. The van der Waals surface area contributed by atoms with Gasteiger partial charge in [-0.2, -0.15) is 13.2 Å². The van der Waals surface area contributed by atoms with Gasteiger partial charge in [0, 0.05) is 32.8 Å². The number of carbonyl (C=O) groups excluding carboxylic acids is 2. The summed E-state index contributed by atoms with van der Waals surface area (Å²) in [6, 6.07) is 0.196. The summed E-state index contributed by atoms with van der Waals surface area (Å²) < 4.78 is 38.1. The average Bonchev–Trinajstić information content (AvgIpc) is 3.07. The number of nitrogens with zero attached hydrogens (tertiary/aromatic N) is 3. The molecule has 1 aliphatic heterocycles. The Bertz CT molecular complexity index is 752. The predicted molar refractivity (Wildman–Crippen MR) is 94.8 cm³/mol. The van der Waals surface area contributed by atoms with E-state index in [4.69, 9.17) is 11.6 Å². The Labute approximate surface area is 159 Å². The lowest BCUT2D eigenvalue weighted by molar-refractivity contribution is -0.137. The van der Waals surface area contributed by atoms with Gasteiger partial charge in [0.1, 0.15) is 5.78 Å². The summed E-state index contributed by atoms with van der Waals surface area (Å²) in [5.41, 5.74) is -0.877. The summed E-state index contributed by atoms with van der Waals surface area (Å²) in [7, 11) is 3.46. The van der Waals surface area contributed by atoms with Crippen molar-refractivity contribution in [3.8, 4) is 0 Å². The number of ketones is 1. The van der Waals surface area contributed by atoms with E-state index >= 15 is 0 Å². The van der Waals surface area contributed by atoms with Gasteiger partial charge in [0.05, 0.1) is 34.6 Å². The minimum Gasteiger partial charge on any atom is -0.369 e. The molecule has 0 bridgehead atoms. The minimum absolute atomic E-state index is 0.0927. The first-order chi connectivity index (χ1) is 12.5. The van der Waals surface area contributed by atoms with E-state index in [9.17, 15) is 22.8 Å². The van der Waals surface area contributed by atoms with Crippen LogP contribution in [-0.4, -0.2) is 54.6 Å². The molecule has 148 valence electrons. The van der Waals surface area contributed by atoms with Gasteiger partial charge in [-0.25, -0.2) is 4.99 Å². The number of aromatic nitrogens is 1. The largest absolute Gasteiger partial charge is 0.417 e. The number of halogens is 4. The number of alkyl halides is 3. The van der Waals surface area contributed by atoms with Crippen molar-refractivity contribution in [2.75, 3.05) is 20.6 Å². The molecule has 2 rings (SSSR count). The quantitative estimate of drug-likeness (QED) is 0.603. The number of pyridine rings is 1. The third-order valence-electron chi connectivity index (χ3n) is 4.28. The molecule has 1 saturated heterocycles. The van der Waals surface area contributed by atoms with Crippen molar-refractivity contribution in [1.29, 1.82) is 0 Å². The molecular weight excluding hydrogens is 385 g/mol. The summed E-state index contributed by atoms with van der Waals surface area (Å²) in [4.78, 5) is 33.9. The summed E-state index contributed by atoms with van der Waals surface area (Å²) in [6.45, 7) is 1.83. The van der Waals surface area contributed by atoms with Gasteiger partial charge >= 0.3 is 6.18 Å². The average molecular weight is 405 g/mol. The van der Waals surface area contributed by atoms with Crippen molar-refractivity contribution in [2.24, 2.45) is 10.9 Å². The maximum atomic E-state index is 12.7.